The summed E-state index contributed by atoms with van der Waals surface area (Å²) >= 11 is 0. The van der Waals surface area contributed by atoms with E-state index in [-0.39, 0.29) is 6.04 Å². The van der Waals surface area contributed by atoms with Crippen LogP contribution in [0.25, 0.3) is 0 Å². The molecule has 1 aromatic carbocycles. The number of ether oxygens (including phenoxy) is 2. The second-order valence-electron chi connectivity index (χ2n) is 3.88. The highest BCUT2D eigenvalue weighted by molar-refractivity contribution is 5.43. The number of rotatable bonds is 4. The fourth-order valence-corrected chi connectivity index (χ4v) is 1.54. The van der Waals surface area contributed by atoms with Crippen molar-refractivity contribution >= 4 is 0 Å². The van der Waals surface area contributed by atoms with E-state index in [1.807, 2.05) is 38.1 Å². The van der Waals surface area contributed by atoms with Crippen LogP contribution in [0.5, 0.6) is 11.5 Å². The van der Waals surface area contributed by atoms with Gasteiger partial charge < -0.3 is 15.2 Å². The van der Waals surface area contributed by atoms with Crippen LogP contribution in [0.4, 0.5) is 0 Å². The molecule has 0 bridgehead atoms. The molecule has 88 valence electrons. The smallest absolute Gasteiger partial charge is 0.127 e. The normalized spacial score (nSPS) is 11.8. The van der Waals surface area contributed by atoms with Gasteiger partial charge >= 0.3 is 0 Å². The molecule has 0 saturated heterocycles. The SMILES string of the molecule is COc1ccc(C(N)C=C(C)C)c(OC)c1. The van der Waals surface area contributed by atoms with Gasteiger partial charge in [0.05, 0.1) is 20.3 Å². The highest BCUT2D eigenvalue weighted by Crippen LogP contribution is 2.29. The molecular weight excluding hydrogens is 202 g/mol. The summed E-state index contributed by atoms with van der Waals surface area (Å²) in [5.41, 5.74) is 8.21. The summed E-state index contributed by atoms with van der Waals surface area (Å²) in [6, 6.07) is 5.51. The highest BCUT2D eigenvalue weighted by Gasteiger charge is 2.10. The van der Waals surface area contributed by atoms with E-state index in [1.165, 1.54) is 5.57 Å². The van der Waals surface area contributed by atoms with Crippen LogP contribution in [0.3, 0.4) is 0 Å². The van der Waals surface area contributed by atoms with Crippen LogP contribution in [0.1, 0.15) is 25.5 Å². The standard InChI is InChI=1S/C13H19NO2/c1-9(2)7-12(14)11-6-5-10(15-3)8-13(11)16-4/h5-8,12H,14H2,1-4H3. The maximum Gasteiger partial charge on any atom is 0.127 e. The summed E-state index contributed by atoms with van der Waals surface area (Å²) in [7, 11) is 3.26. The average molecular weight is 221 g/mol. The molecule has 0 radical (unpaired) electrons. The Morgan fingerprint density at radius 2 is 1.94 bits per heavy atom. The van der Waals surface area contributed by atoms with E-state index in [9.17, 15) is 0 Å². The molecule has 0 saturated carbocycles. The van der Waals surface area contributed by atoms with Crippen molar-refractivity contribution in [3.63, 3.8) is 0 Å². The molecule has 1 atom stereocenters. The Kier molecular flexibility index (Phi) is 4.38. The van der Waals surface area contributed by atoms with E-state index in [1.54, 1.807) is 14.2 Å². The molecule has 1 unspecified atom stereocenters. The average Bonchev–Trinajstić information content (AvgIpc) is 2.27. The minimum atomic E-state index is -0.147. The molecule has 0 aliphatic rings. The van der Waals surface area contributed by atoms with Crippen LogP contribution in [-0.4, -0.2) is 14.2 Å². The first-order valence-electron chi connectivity index (χ1n) is 5.21. The van der Waals surface area contributed by atoms with E-state index in [0.29, 0.717) is 0 Å². The van der Waals surface area contributed by atoms with E-state index >= 15 is 0 Å². The van der Waals surface area contributed by atoms with Gasteiger partial charge in [-0.2, -0.15) is 0 Å². The van der Waals surface area contributed by atoms with Crippen molar-refractivity contribution < 1.29 is 9.47 Å². The summed E-state index contributed by atoms with van der Waals surface area (Å²) in [6.45, 7) is 4.05. The quantitative estimate of drug-likeness (QED) is 0.795. The third-order valence-electron chi connectivity index (χ3n) is 2.31. The summed E-state index contributed by atoms with van der Waals surface area (Å²) in [4.78, 5) is 0. The van der Waals surface area contributed by atoms with Gasteiger partial charge in [0.1, 0.15) is 11.5 Å². The van der Waals surface area contributed by atoms with Crippen LogP contribution in [0.15, 0.2) is 29.8 Å². The maximum absolute atomic E-state index is 6.07. The predicted molar refractivity (Wildman–Crippen MR) is 65.9 cm³/mol. The number of hydrogen-bond acceptors (Lipinski definition) is 3. The van der Waals surface area contributed by atoms with E-state index < -0.39 is 0 Å². The molecule has 0 fully saturated rings. The van der Waals surface area contributed by atoms with Crippen LogP contribution in [-0.2, 0) is 0 Å². The van der Waals surface area contributed by atoms with Gasteiger partial charge in [0.25, 0.3) is 0 Å². The van der Waals surface area contributed by atoms with Crippen LogP contribution >= 0.6 is 0 Å². The molecule has 0 aliphatic carbocycles. The topological polar surface area (TPSA) is 44.5 Å². The summed E-state index contributed by atoms with van der Waals surface area (Å²) in [6.07, 6.45) is 2.00. The number of nitrogens with two attached hydrogens (primary N) is 1. The van der Waals surface area contributed by atoms with Gasteiger partial charge in [-0.25, -0.2) is 0 Å². The van der Waals surface area contributed by atoms with Gasteiger partial charge in [-0.1, -0.05) is 11.6 Å². The Bertz CT molecular complexity index is 382. The van der Waals surface area contributed by atoms with E-state index in [2.05, 4.69) is 0 Å². The van der Waals surface area contributed by atoms with Crippen molar-refractivity contribution in [2.45, 2.75) is 19.9 Å². The van der Waals surface area contributed by atoms with Gasteiger partial charge in [0.15, 0.2) is 0 Å². The van der Waals surface area contributed by atoms with E-state index in [0.717, 1.165) is 17.1 Å². The van der Waals surface area contributed by atoms with Crippen molar-refractivity contribution in [1.82, 2.24) is 0 Å². The number of methoxy groups -OCH3 is 2. The predicted octanol–water partition coefficient (Wildman–Crippen LogP) is 2.67. The second kappa shape index (κ2) is 5.56. The van der Waals surface area contributed by atoms with Gasteiger partial charge in [-0.05, 0) is 26.0 Å². The molecule has 0 aliphatic heterocycles. The molecule has 0 aromatic heterocycles. The highest BCUT2D eigenvalue weighted by atomic mass is 16.5. The lowest BCUT2D eigenvalue weighted by molar-refractivity contribution is 0.390. The summed E-state index contributed by atoms with van der Waals surface area (Å²) in [5.74, 6) is 1.52. The Hall–Kier alpha value is -1.48. The third kappa shape index (κ3) is 3.00. The van der Waals surface area contributed by atoms with E-state index in [4.69, 9.17) is 15.2 Å². The zero-order valence-corrected chi connectivity index (χ0v) is 10.3. The first-order valence-corrected chi connectivity index (χ1v) is 5.21. The summed E-state index contributed by atoms with van der Waals surface area (Å²) < 4.78 is 10.4. The van der Waals surface area contributed by atoms with Crippen molar-refractivity contribution in [3.05, 3.63) is 35.4 Å². The fraction of sp³-hybridized carbons (Fsp3) is 0.385. The third-order valence-corrected chi connectivity index (χ3v) is 2.31. The number of allylic oxidation sites excluding steroid dienone is 1. The van der Waals surface area contributed by atoms with Gasteiger partial charge in [-0.3, -0.25) is 0 Å². The summed E-state index contributed by atoms with van der Waals surface area (Å²) in [5, 5.41) is 0. The van der Waals surface area contributed by atoms with Crippen LogP contribution in [0, 0.1) is 0 Å². The Balaban J connectivity index is 3.08. The molecule has 16 heavy (non-hydrogen) atoms. The second-order valence-corrected chi connectivity index (χ2v) is 3.88. The minimum Gasteiger partial charge on any atom is -0.497 e. The molecular formula is C13H19NO2. The molecule has 0 spiro atoms. The maximum atomic E-state index is 6.07. The molecule has 1 rings (SSSR count). The monoisotopic (exact) mass is 221 g/mol. The van der Waals surface area contributed by atoms with Crippen LogP contribution < -0.4 is 15.2 Å². The van der Waals surface area contributed by atoms with Gasteiger partial charge in [-0.15, -0.1) is 0 Å². The minimum absolute atomic E-state index is 0.147. The molecule has 3 heteroatoms. The first-order chi connectivity index (χ1) is 7.58. The molecule has 1 aromatic rings. The van der Waals surface area contributed by atoms with Gasteiger partial charge in [0, 0.05) is 11.6 Å². The zero-order chi connectivity index (χ0) is 12.1. The van der Waals surface area contributed by atoms with Crippen molar-refractivity contribution in [1.29, 1.82) is 0 Å². The van der Waals surface area contributed by atoms with Crippen molar-refractivity contribution in [2.75, 3.05) is 14.2 Å². The largest absolute Gasteiger partial charge is 0.497 e. The number of benzene rings is 1. The molecule has 2 N–H and O–H groups in total. The molecule has 0 amide bonds. The molecule has 3 nitrogen and oxygen atoms in total. The van der Waals surface area contributed by atoms with Crippen molar-refractivity contribution in [3.8, 4) is 11.5 Å². The molecule has 0 heterocycles. The van der Waals surface area contributed by atoms with Crippen LogP contribution in [0.2, 0.25) is 0 Å². The Morgan fingerprint density at radius 3 is 2.44 bits per heavy atom. The Labute approximate surface area is 96.9 Å². The zero-order valence-electron chi connectivity index (χ0n) is 10.3. The lowest BCUT2D eigenvalue weighted by Crippen LogP contribution is -2.09. The fourth-order valence-electron chi connectivity index (χ4n) is 1.54. The lowest BCUT2D eigenvalue weighted by Gasteiger charge is -2.14. The van der Waals surface area contributed by atoms with Crippen molar-refractivity contribution in [2.24, 2.45) is 5.73 Å². The Morgan fingerprint density at radius 1 is 1.25 bits per heavy atom. The first kappa shape index (κ1) is 12.6. The lowest BCUT2D eigenvalue weighted by atomic mass is 10.0. The van der Waals surface area contributed by atoms with Gasteiger partial charge in [0.2, 0.25) is 0 Å². The number of hydrogen-bond donors (Lipinski definition) is 1.